The number of carbonyl (C=O) groups excluding carboxylic acids is 3. The second-order valence-electron chi connectivity index (χ2n) is 4.45. The van der Waals surface area contributed by atoms with Crippen molar-refractivity contribution in [2.24, 2.45) is 0 Å². The first kappa shape index (κ1) is 16.8. The van der Waals surface area contributed by atoms with Crippen LogP contribution in [-0.2, 0) is 14.4 Å². The van der Waals surface area contributed by atoms with Gasteiger partial charge in [0, 0.05) is 38.6 Å². The van der Waals surface area contributed by atoms with Gasteiger partial charge in [0.25, 0.3) is 0 Å². The van der Waals surface area contributed by atoms with Crippen molar-refractivity contribution < 1.29 is 14.4 Å². The summed E-state index contributed by atoms with van der Waals surface area (Å²) < 4.78 is 0. The molecule has 1 amide bonds. The molecule has 0 heterocycles. The first-order valence-corrected chi connectivity index (χ1v) is 6.90. The summed E-state index contributed by atoms with van der Waals surface area (Å²) in [7, 11) is 0. The van der Waals surface area contributed by atoms with Gasteiger partial charge in [0.05, 0.1) is 0 Å². The Labute approximate surface area is 110 Å². The minimum atomic E-state index is -0.0542. The Balaban J connectivity index is 3.35. The van der Waals surface area contributed by atoms with Crippen molar-refractivity contribution in [2.45, 2.75) is 65.2 Å². The van der Waals surface area contributed by atoms with Crippen molar-refractivity contribution in [3.8, 4) is 0 Å². The van der Waals surface area contributed by atoms with Gasteiger partial charge in [-0.05, 0) is 12.8 Å². The predicted octanol–water partition coefficient (Wildman–Crippen LogP) is 2.40. The Bertz CT molecular complexity index is 274. The lowest BCUT2D eigenvalue weighted by Gasteiger charge is -2.04. The second-order valence-corrected chi connectivity index (χ2v) is 4.45. The minimum Gasteiger partial charge on any atom is -0.356 e. The van der Waals surface area contributed by atoms with Gasteiger partial charge >= 0.3 is 0 Å². The number of hydrogen-bond acceptors (Lipinski definition) is 3. The number of carbonyl (C=O) groups is 3. The molecular formula is C14H25NO3. The van der Waals surface area contributed by atoms with Crippen molar-refractivity contribution in [2.75, 3.05) is 6.54 Å². The third-order valence-corrected chi connectivity index (χ3v) is 2.87. The fourth-order valence-corrected chi connectivity index (χ4v) is 1.55. The molecule has 0 spiro atoms. The Morgan fingerprint density at radius 2 is 1.39 bits per heavy atom. The van der Waals surface area contributed by atoms with Crippen LogP contribution in [0.2, 0.25) is 0 Å². The monoisotopic (exact) mass is 255 g/mol. The molecule has 0 atom stereocenters. The van der Waals surface area contributed by atoms with Crippen molar-refractivity contribution in [3.63, 3.8) is 0 Å². The maximum Gasteiger partial charge on any atom is 0.220 e. The van der Waals surface area contributed by atoms with Crippen LogP contribution in [0, 0.1) is 0 Å². The van der Waals surface area contributed by atoms with E-state index in [9.17, 15) is 14.4 Å². The molecule has 0 aromatic carbocycles. The lowest BCUT2D eigenvalue weighted by atomic mass is 10.1. The molecule has 0 rings (SSSR count). The lowest BCUT2D eigenvalue weighted by molar-refractivity contribution is -0.125. The summed E-state index contributed by atoms with van der Waals surface area (Å²) >= 11 is 0. The van der Waals surface area contributed by atoms with Gasteiger partial charge in [-0.3, -0.25) is 14.4 Å². The number of unbranched alkanes of at least 4 members (excludes halogenated alkanes) is 2. The molecular weight excluding hydrogens is 230 g/mol. The molecule has 0 fully saturated rings. The Morgan fingerprint density at radius 3 is 2.00 bits per heavy atom. The van der Waals surface area contributed by atoms with Gasteiger partial charge < -0.3 is 5.32 Å². The first-order valence-electron chi connectivity index (χ1n) is 6.90. The van der Waals surface area contributed by atoms with Crippen LogP contribution >= 0.6 is 0 Å². The zero-order valence-corrected chi connectivity index (χ0v) is 11.6. The second kappa shape index (κ2) is 10.9. The van der Waals surface area contributed by atoms with Crippen LogP contribution in [0.5, 0.6) is 0 Å². The quantitative estimate of drug-likeness (QED) is 0.577. The molecule has 0 aromatic heterocycles. The van der Waals surface area contributed by atoms with Crippen LogP contribution < -0.4 is 5.32 Å². The van der Waals surface area contributed by atoms with Gasteiger partial charge in [-0.25, -0.2) is 0 Å². The van der Waals surface area contributed by atoms with Gasteiger partial charge in [-0.1, -0.05) is 20.3 Å². The number of nitrogens with one attached hydrogen (secondary N) is 1. The van der Waals surface area contributed by atoms with Gasteiger partial charge in [0.15, 0.2) is 0 Å². The Morgan fingerprint density at radius 1 is 0.778 bits per heavy atom. The van der Waals surface area contributed by atoms with Crippen molar-refractivity contribution in [1.29, 1.82) is 0 Å². The fourth-order valence-electron chi connectivity index (χ4n) is 1.55. The van der Waals surface area contributed by atoms with Crippen molar-refractivity contribution >= 4 is 17.5 Å². The smallest absolute Gasteiger partial charge is 0.220 e. The fraction of sp³-hybridized carbons (Fsp3) is 0.786. The van der Waals surface area contributed by atoms with Crippen molar-refractivity contribution in [1.82, 2.24) is 5.32 Å². The van der Waals surface area contributed by atoms with Crippen LogP contribution in [0.25, 0.3) is 0 Å². The minimum absolute atomic E-state index is 0.0542. The topological polar surface area (TPSA) is 63.2 Å². The van der Waals surface area contributed by atoms with E-state index in [-0.39, 0.29) is 11.7 Å². The van der Waals surface area contributed by atoms with Crippen LogP contribution in [0.15, 0.2) is 0 Å². The highest BCUT2D eigenvalue weighted by Gasteiger charge is 2.04. The summed E-state index contributed by atoms with van der Waals surface area (Å²) in [6, 6.07) is 0. The molecule has 0 unspecified atom stereocenters. The number of rotatable bonds is 11. The van der Waals surface area contributed by atoms with Crippen LogP contribution in [0.1, 0.15) is 65.2 Å². The van der Waals surface area contributed by atoms with Gasteiger partial charge in [0.2, 0.25) is 5.91 Å². The van der Waals surface area contributed by atoms with E-state index in [0.29, 0.717) is 44.4 Å². The number of amides is 1. The zero-order valence-electron chi connectivity index (χ0n) is 11.6. The molecule has 4 heteroatoms. The summed E-state index contributed by atoms with van der Waals surface area (Å²) in [6.45, 7) is 4.32. The van der Waals surface area contributed by atoms with E-state index < -0.39 is 0 Å². The van der Waals surface area contributed by atoms with E-state index in [2.05, 4.69) is 5.32 Å². The first-order chi connectivity index (χ1) is 8.60. The number of Topliss-reactive ketones (excluding diaryl/α,β-unsaturated/α-hetero) is 2. The number of hydrogen-bond donors (Lipinski definition) is 1. The highest BCUT2D eigenvalue weighted by molar-refractivity contribution is 5.84. The predicted molar refractivity (Wildman–Crippen MR) is 71.3 cm³/mol. The SMILES string of the molecule is CCC(=O)CCCCCNC(=O)CCC(=O)CC. The molecule has 1 N–H and O–H groups in total. The average molecular weight is 255 g/mol. The van der Waals surface area contributed by atoms with Crippen LogP contribution in [0.3, 0.4) is 0 Å². The highest BCUT2D eigenvalue weighted by Crippen LogP contribution is 2.01. The molecule has 0 saturated heterocycles. The Hall–Kier alpha value is -1.19. The van der Waals surface area contributed by atoms with E-state index in [0.717, 1.165) is 19.3 Å². The molecule has 0 saturated carbocycles. The molecule has 0 aliphatic carbocycles. The van der Waals surface area contributed by atoms with E-state index in [1.165, 1.54) is 0 Å². The largest absolute Gasteiger partial charge is 0.356 e. The molecule has 0 bridgehead atoms. The zero-order chi connectivity index (χ0) is 13.8. The van der Waals surface area contributed by atoms with E-state index >= 15 is 0 Å². The summed E-state index contributed by atoms with van der Waals surface area (Å²) in [5.74, 6) is 0.377. The molecule has 0 radical (unpaired) electrons. The Kier molecular flexibility index (Phi) is 10.2. The summed E-state index contributed by atoms with van der Waals surface area (Å²) in [4.78, 5) is 33.4. The maximum absolute atomic E-state index is 11.3. The van der Waals surface area contributed by atoms with Gasteiger partial charge in [-0.15, -0.1) is 0 Å². The normalized spacial score (nSPS) is 10.1. The summed E-state index contributed by atoms with van der Waals surface area (Å²) in [6.07, 6.45) is 5.14. The van der Waals surface area contributed by atoms with E-state index in [4.69, 9.17) is 0 Å². The van der Waals surface area contributed by atoms with Crippen LogP contribution in [0.4, 0.5) is 0 Å². The molecule has 18 heavy (non-hydrogen) atoms. The van der Waals surface area contributed by atoms with E-state index in [1.54, 1.807) is 6.92 Å². The van der Waals surface area contributed by atoms with E-state index in [1.807, 2.05) is 6.92 Å². The average Bonchev–Trinajstić information content (AvgIpc) is 2.39. The lowest BCUT2D eigenvalue weighted by Crippen LogP contribution is -2.24. The standard InChI is InChI=1S/C14H25NO3/c1-3-12(16)8-6-5-7-11-15-14(18)10-9-13(17)4-2/h3-11H2,1-2H3,(H,15,18). The molecule has 104 valence electrons. The molecule has 0 aliphatic heterocycles. The molecule has 0 aromatic rings. The molecule has 0 aliphatic rings. The van der Waals surface area contributed by atoms with Gasteiger partial charge in [-0.2, -0.15) is 0 Å². The number of ketones is 2. The third kappa shape index (κ3) is 10.00. The maximum atomic E-state index is 11.3. The molecule has 4 nitrogen and oxygen atoms in total. The highest BCUT2D eigenvalue weighted by atomic mass is 16.2. The third-order valence-electron chi connectivity index (χ3n) is 2.87. The van der Waals surface area contributed by atoms with Crippen LogP contribution in [-0.4, -0.2) is 24.0 Å². The van der Waals surface area contributed by atoms with Gasteiger partial charge in [0.1, 0.15) is 11.6 Å². The summed E-state index contributed by atoms with van der Waals surface area (Å²) in [5, 5.41) is 2.79. The summed E-state index contributed by atoms with van der Waals surface area (Å²) in [5.41, 5.74) is 0. The van der Waals surface area contributed by atoms with Crippen molar-refractivity contribution in [3.05, 3.63) is 0 Å².